The summed E-state index contributed by atoms with van der Waals surface area (Å²) in [7, 11) is -0.283. The molecule has 17 heteroatoms. The largest absolute Gasteiger partial charge is 0.495 e. The molecule has 0 unspecified atom stereocenters. The summed E-state index contributed by atoms with van der Waals surface area (Å²) < 4.78 is 82.8. The number of sulfonamides is 1. The predicted molar refractivity (Wildman–Crippen MR) is 141 cm³/mol. The van der Waals surface area contributed by atoms with Crippen molar-refractivity contribution in [3.63, 3.8) is 0 Å². The van der Waals surface area contributed by atoms with Crippen molar-refractivity contribution in [3.8, 4) is 22.8 Å². The number of halogens is 4. The predicted octanol–water partition coefficient (Wildman–Crippen LogP) is 5.10. The number of benzene rings is 1. The Kier molecular flexibility index (Phi) is 8.25. The number of nitrogens with one attached hydrogen (secondary N) is 2. The van der Waals surface area contributed by atoms with Crippen LogP contribution >= 0.6 is 11.6 Å². The van der Waals surface area contributed by atoms with Crippen molar-refractivity contribution >= 4 is 45.0 Å². The van der Waals surface area contributed by atoms with Crippen LogP contribution in [-0.4, -0.2) is 50.8 Å². The fraction of sp³-hybridized carbons (Fsp3) is 0.167. The molecule has 0 saturated heterocycles. The quantitative estimate of drug-likeness (QED) is 0.277. The highest BCUT2D eigenvalue weighted by Crippen LogP contribution is 2.43. The van der Waals surface area contributed by atoms with E-state index in [4.69, 9.17) is 21.1 Å². The zero-order valence-corrected chi connectivity index (χ0v) is 22.9. The summed E-state index contributed by atoms with van der Waals surface area (Å²) in [6.45, 7) is 0. The average Bonchev–Trinajstić information content (AvgIpc) is 3.45. The number of carbonyl (C=O) groups is 1. The van der Waals surface area contributed by atoms with Crippen molar-refractivity contribution in [2.24, 2.45) is 0 Å². The third-order valence-electron chi connectivity index (χ3n) is 5.48. The molecule has 2 amide bonds. The summed E-state index contributed by atoms with van der Waals surface area (Å²) in [5, 5.41) is 5.88. The molecule has 0 bridgehead atoms. The monoisotopic (exact) mass is 612 g/mol. The van der Waals surface area contributed by atoms with E-state index in [9.17, 15) is 26.4 Å². The molecule has 0 saturated carbocycles. The lowest BCUT2D eigenvalue weighted by molar-refractivity contribution is -0.141. The minimum atomic E-state index is -4.76. The van der Waals surface area contributed by atoms with Gasteiger partial charge in [0.1, 0.15) is 28.4 Å². The van der Waals surface area contributed by atoms with E-state index < -0.39 is 27.9 Å². The Hall–Kier alpha value is -4.57. The van der Waals surface area contributed by atoms with Crippen LogP contribution in [0.25, 0.3) is 11.1 Å². The number of carbonyl (C=O) groups excluding carboxylic acids is 1. The van der Waals surface area contributed by atoms with Gasteiger partial charge >= 0.3 is 12.2 Å². The number of alkyl halides is 3. The zero-order valence-electron chi connectivity index (χ0n) is 21.4. The lowest BCUT2D eigenvalue weighted by Gasteiger charge is -2.24. The number of urea groups is 1. The third kappa shape index (κ3) is 6.28. The van der Waals surface area contributed by atoms with E-state index in [-0.39, 0.29) is 50.0 Å². The van der Waals surface area contributed by atoms with Gasteiger partial charge in [-0.3, -0.25) is 4.72 Å². The number of ether oxygens (including phenoxy) is 2. The molecule has 0 atom stereocenters. The maximum Gasteiger partial charge on any atom is 0.433 e. The van der Waals surface area contributed by atoms with Crippen molar-refractivity contribution in [2.45, 2.75) is 11.1 Å². The lowest BCUT2D eigenvalue weighted by atomic mass is 10.0. The fourth-order valence-corrected chi connectivity index (χ4v) is 4.79. The Morgan fingerprint density at radius 1 is 1.10 bits per heavy atom. The normalized spacial score (nSPS) is 11.6. The molecular formula is C24H20ClF3N6O6S. The van der Waals surface area contributed by atoms with Crippen molar-refractivity contribution in [1.82, 2.24) is 20.4 Å². The van der Waals surface area contributed by atoms with Crippen molar-refractivity contribution in [1.29, 1.82) is 0 Å². The Morgan fingerprint density at radius 2 is 1.85 bits per heavy atom. The second kappa shape index (κ2) is 11.5. The molecule has 0 fully saturated rings. The number of nitrogens with zero attached hydrogens (tertiary/aromatic N) is 4. The number of rotatable bonds is 8. The van der Waals surface area contributed by atoms with E-state index in [1.165, 1.54) is 63.9 Å². The van der Waals surface area contributed by atoms with Crippen LogP contribution in [0.5, 0.6) is 11.6 Å². The summed E-state index contributed by atoms with van der Waals surface area (Å²) in [6.07, 6.45) is -2.56. The molecule has 2 N–H and O–H groups in total. The molecule has 3 aromatic heterocycles. The topological polar surface area (TPSA) is 149 Å². The van der Waals surface area contributed by atoms with E-state index >= 15 is 0 Å². The Balaban J connectivity index is 1.78. The van der Waals surface area contributed by atoms with Crippen molar-refractivity contribution < 1.29 is 40.4 Å². The molecule has 4 aromatic rings. The van der Waals surface area contributed by atoms with Crippen LogP contribution in [0, 0.1) is 0 Å². The van der Waals surface area contributed by atoms with Crippen LogP contribution in [0.4, 0.5) is 35.3 Å². The van der Waals surface area contributed by atoms with E-state index in [1.54, 1.807) is 0 Å². The number of amides is 2. The standard InChI is InChI=1S/C24H20ClF3N6O6S/c1-29-23(35)34(21-5-4-14(12-30-21)41(36,37)33-20-6-7-40-32-20)17-11-16(25)15(10-18(17)38-2)13-8-19(24(26,27)28)31-22(9-13)39-3/h4-12H,1-3H3,(H,29,35)(H,32,33). The first-order chi connectivity index (χ1) is 19.4. The van der Waals surface area contributed by atoms with Crippen LogP contribution in [0.2, 0.25) is 5.02 Å². The van der Waals surface area contributed by atoms with E-state index in [0.717, 1.165) is 17.2 Å². The van der Waals surface area contributed by atoms with Gasteiger partial charge in [0.05, 0.1) is 24.9 Å². The molecule has 0 aliphatic heterocycles. The second-order valence-electron chi connectivity index (χ2n) is 8.02. The maximum atomic E-state index is 13.4. The minimum absolute atomic E-state index is 0.0258. The summed E-state index contributed by atoms with van der Waals surface area (Å²) >= 11 is 6.51. The first-order valence-corrected chi connectivity index (χ1v) is 13.2. The highest BCUT2D eigenvalue weighted by molar-refractivity contribution is 7.92. The Bertz CT molecular complexity index is 1670. The minimum Gasteiger partial charge on any atom is -0.495 e. The molecule has 0 radical (unpaired) electrons. The van der Waals surface area contributed by atoms with E-state index in [0.29, 0.717) is 0 Å². The highest BCUT2D eigenvalue weighted by Gasteiger charge is 2.34. The van der Waals surface area contributed by atoms with Gasteiger partial charge in [-0.15, -0.1) is 0 Å². The van der Waals surface area contributed by atoms with Crippen molar-refractivity contribution in [3.05, 3.63) is 65.6 Å². The van der Waals surface area contributed by atoms with Crippen LogP contribution in [-0.2, 0) is 16.2 Å². The molecule has 216 valence electrons. The number of hydrogen-bond donors (Lipinski definition) is 2. The Morgan fingerprint density at radius 3 is 2.41 bits per heavy atom. The molecule has 4 rings (SSSR count). The van der Waals surface area contributed by atoms with Gasteiger partial charge in [0.15, 0.2) is 5.82 Å². The lowest BCUT2D eigenvalue weighted by Crippen LogP contribution is -2.35. The van der Waals surface area contributed by atoms with Gasteiger partial charge < -0.3 is 19.3 Å². The summed E-state index contributed by atoms with van der Waals surface area (Å²) in [5.74, 6) is -0.340. The van der Waals surface area contributed by atoms with Crippen molar-refractivity contribution in [2.75, 3.05) is 30.9 Å². The molecule has 0 aliphatic rings. The Labute approximate surface area is 236 Å². The number of aromatic nitrogens is 3. The van der Waals surface area contributed by atoms with Gasteiger partial charge in [-0.25, -0.2) is 28.1 Å². The molecule has 0 aliphatic carbocycles. The average molecular weight is 613 g/mol. The van der Waals surface area contributed by atoms with Gasteiger partial charge in [0.2, 0.25) is 5.88 Å². The van der Waals surface area contributed by atoms with Crippen LogP contribution in [0.3, 0.4) is 0 Å². The highest BCUT2D eigenvalue weighted by atomic mass is 35.5. The fourth-order valence-electron chi connectivity index (χ4n) is 3.59. The number of hydrogen-bond acceptors (Lipinski definition) is 9. The summed E-state index contributed by atoms with van der Waals surface area (Å²) in [6, 6.07) is 7.75. The third-order valence-corrected chi connectivity index (χ3v) is 7.13. The van der Waals surface area contributed by atoms with Gasteiger partial charge in [-0.2, -0.15) is 13.2 Å². The first-order valence-electron chi connectivity index (χ1n) is 11.3. The molecule has 0 spiro atoms. The number of pyridine rings is 2. The maximum absolute atomic E-state index is 13.4. The molecule has 12 nitrogen and oxygen atoms in total. The van der Waals surface area contributed by atoms with E-state index in [1.807, 2.05) is 0 Å². The number of methoxy groups -OCH3 is 2. The SMILES string of the molecule is CNC(=O)N(c1ccc(S(=O)(=O)Nc2ccon2)cn1)c1cc(Cl)c(-c2cc(OC)nc(C(F)(F)F)c2)cc1OC. The smallest absolute Gasteiger partial charge is 0.433 e. The van der Waals surface area contributed by atoms with Crippen LogP contribution < -0.4 is 24.4 Å². The van der Waals surface area contributed by atoms with E-state index in [2.05, 4.69) is 29.7 Å². The number of anilines is 3. The summed E-state index contributed by atoms with van der Waals surface area (Å²) in [5.41, 5.74) is -0.988. The molecule has 41 heavy (non-hydrogen) atoms. The van der Waals surface area contributed by atoms with Gasteiger partial charge in [-0.1, -0.05) is 16.8 Å². The molecule has 3 heterocycles. The first kappa shape index (κ1) is 29.4. The molecule has 1 aromatic carbocycles. The van der Waals surface area contributed by atoms with Gasteiger partial charge in [0.25, 0.3) is 10.0 Å². The molecular weight excluding hydrogens is 593 g/mol. The van der Waals surface area contributed by atoms with Crippen LogP contribution in [0.1, 0.15) is 5.69 Å². The summed E-state index contributed by atoms with van der Waals surface area (Å²) in [4.78, 5) is 21.3. The second-order valence-corrected chi connectivity index (χ2v) is 10.1. The zero-order chi connectivity index (χ0) is 29.9. The van der Waals surface area contributed by atoms with Gasteiger partial charge in [-0.05, 0) is 35.9 Å². The van der Waals surface area contributed by atoms with Crippen LogP contribution in [0.15, 0.2) is 64.3 Å². The van der Waals surface area contributed by atoms with Gasteiger partial charge in [0, 0.05) is 30.9 Å².